The van der Waals surface area contributed by atoms with E-state index in [1.807, 2.05) is 61.5 Å². The van der Waals surface area contributed by atoms with E-state index in [0.29, 0.717) is 25.1 Å². The summed E-state index contributed by atoms with van der Waals surface area (Å²) in [5.74, 6) is -1.07. The number of carbonyl (C=O) groups excluding carboxylic acids is 1. The smallest absolute Gasteiger partial charge is 0.411 e. The molecule has 0 spiro atoms. The van der Waals surface area contributed by atoms with Crippen molar-refractivity contribution in [2.24, 2.45) is 0 Å². The van der Waals surface area contributed by atoms with Crippen LogP contribution in [0.3, 0.4) is 0 Å². The predicted octanol–water partition coefficient (Wildman–Crippen LogP) is 5.41. The molecule has 2 aromatic carbocycles. The second-order valence-corrected chi connectivity index (χ2v) is 9.67. The molecule has 0 radical (unpaired) electrons. The van der Waals surface area contributed by atoms with E-state index in [-0.39, 0.29) is 11.7 Å². The van der Waals surface area contributed by atoms with Crippen LogP contribution in [0, 0.1) is 0 Å². The van der Waals surface area contributed by atoms with Crippen molar-refractivity contribution in [1.82, 2.24) is 9.88 Å². The minimum atomic E-state index is -1.07. The standard InChI is InChI=1S/C28H30N2O5/c1-19(20-12-14-21(15-13-20)23-10-7-11-24(29-23)25(31)32)30-17-16-28(35-26(30)33,18-27(2,3)34)22-8-5-4-6-9-22/h4-15,19,34H,16-18H2,1-3H3,(H,31,32)/t19-,28?/m0/s1. The number of carboxylic acid groups (broad SMARTS) is 1. The first-order valence-corrected chi connectivity index (χ1v) is 11.7. The highest BCUT2D eigenvalue weighted by Crippen LogP contribution is 2.42. The minimum absolute atomic E-state index is 0.0102. The molecule has 0 aliphatic carbocycles. The molecule has 1 aliphatic rings. The molecular formula is C28H30N2O5. The van der Waals surface area contributed by atoms with Crippen molar-refractivity contribution in [3.05, 3.63) is 89.6 Å². The first kappa shape index (κ1) is 24.4. The van der Waals surface area contributed by atoms with Gasteiger partial charge in [0.05, 0.1) is 17.3 Å². The number of hydrogen-bond donors (Lipinski definition) is 2. The number of carbonyl (C=O) groups is 2. The van der Waals surface area contributed by atoms with Crippen LogP contribution in [0.1, 0.15) is 61.3 Å². The molecule has 4 rings (SSSR count). The number of rotatable bonds is 7. The van der Waals surface area contributed by atoms with E-state index in [0.717, 1.165) is 16.7 Å². The third-order valence-electron chi connectivity index (χ3n) is 6.42. The number of nitrogens with zero attached hydrogens (tertiary/aromatic N) is 2. The fourth-order valence-corrected chi connectivity index (χ4v) is 4.72. The highest BCUT2D eigenvalue weighted by molar-refractivity contribution is 5.86. The number of aromatic carboxylic acids is 1. The molecule has 2 heterocycles. The lowest BCUT2D eigenvalue weighted by molar-refractivity contribution is -0.101. The van der Waals surface area contributed by atoms with Gasteiger partial charge in [0.25, 0.3) is 0 Å². The van der Waals surface area contributed by atoms with E-state index in [1.54, 1.807) is 30.9 Å². The van der Waals surface area contributed by atoms with Crippen LogP contribution in [-0.2, 0) is 10.3 Å². The van der Waals surface area contributed by atoms with Crippen molar-refractivity contribution in [2.45, 2.75) is 50.9 Å². The SMILES string of the molecule is C[C@@H](c1ccc(-c2cccc(C(=O)O)n2)cc1)N1CCC(CC(C)(C)O)(c2ccccc2)OC1=O. The highest BCUT2D eigenvalue weighted by atomic mass is 16.6. The number of aliphatic hydroxyl groups is 1. The molecule has 7 heteroatoms. The van der Waals surface area contributed by atoms with Gasteiger partial charge in [-0.3, -0.25) is 0 Å². The number of amides is 1. The van der Waals surface area contributed by atoms with Gasteiger partial charge in [0.1, 0.15) is 11.3 Å². The molecule has 1 saturated heterocycles. The summed E-state index contributed by atoms with van der Waals surface area (Å²) >= 11 is 0. The van der Waals surface area contributed by atoms with Gasteiger partial charge in [-0.1, -0.05) is 60.7 Å². The number of cyclic esters (lactones) is 1. The van der Waals surface area contributed by atoms with Gasteiger partial charge in [-0.15, -0.1) is 0 Å². The summed E-state index contributed by atoms with van der Waals surface area (Å²) in [6, 6.07) is 21.8. The predicted molar refractivity (Wildman–Crippen MR) is 132 cm³/mol. The Balaban J connectivity index is 1.53. The van der Waals surface area contributed by atoms with Crippen molar-refractivity contribution in [3.8, 4) is 11.3 Å². The maximum atomic E-state index is 13.2. The quantitative estimate of drug-likeness (QED) is 0.475. The van der Waals surface area contributed by atoms with Crippen molar-refractivity contribution >= 4 is 12.1 Å². The van der Waals surface area contributed by atoms with Crippen LogP contribution in [-0.4, -0.2) is 44.3 Å². The molecular weight excluding hydrogens is 444 g/mol. The number of ether oxygens (including phenoxy) is 1. The van der Waals surface area contributed by atoms with Gasteiger partial charge < -0.3 is 19.8 Å². The lowest BCUT2D eigenvalue weighted by Gasteiger charge is -2.45. The maximum absolute atomic E-state index is 13.2. The average molecular weight is 475 g/mol. The first-order valence-electron chi connectivity index (χ1n) is 11.7. The topological polar surface area (TPSA) is 100.0 Å². The third kappa shape index (κ3) is 5.35. The fourth-order valence-electron chi connectivity index (χ4n) is 4.72. The Kier molecular flexibility index (Phi) is 6.63. The molecule has 2 N–H and O–H groups in total. The molecule has 1 amide bonds. The molecule has 35 heavy (non-hydrogen) atoms. The van der Waals surface area contributed by atoms with E-state index < -0.39 is 23.3 Å². The minimum Gasteiger partial charge on any atom is -0.477 e. The lowest BCUT2D eigenvalue weighted by Crippen LogP contribution is -2.51. The summed E-state index contributed by atoms with van der Waals surface area (Å²) in [5, 5.41) is 19.7. The van der Waals surface area contributed by atoms with Crippen LogP contribution < -0.4 is 0 Å². The summed E-state index contributed by atoms with van der Waals surface area (Å²) in [7, 11) is 0. The molecule has 1 aromatic heterocycles. The molecule has 1 aliphatic heterocycles. The molecule has 3 aromatic rings. The highest BCUT2D eigenvalue weighted by Gasteiger charge is 2.46. The first-order chi connectivity index (χ1) is 16.6. The zero-order valence-electron chi connectivity index (χ0n) is 20.1. The lowest BCUT2D eigenvalue weighted by atomic mass is 9.80. The van der Waals surface area contributed by atoms with Crippen LogP contribution in [0.15, 0.2) is 72.8 Å². The van der Waals surface area contributed by atoms with Gasteiger partial charge in [-0.05, 0) is 44.0 Å². The summed E-state index contributed by atoms with van der Waals surface area (Å²) in [4.78, 5) is 30.3. The zero-order chi connectivity index (χ0) is 25.2. The van der Waals surface area contributed by atoms with Gasteiger partial charge in [-0.25, -0.2) is 14.6 Å². The maximum Gasteiger partial charge on any atom is 0.411 e. The second kappa shape index (κ2) is 9.50. The Bertz CT molecular complexity index is 1200. The molecule has 0 saturated carbocycles. The van der Waals surface area contributed by atoms with E-state index in [4.69, 9.17) is 4.74 Å². The molecule has 1 fully saturated rings. The van der Waals surface area contributed by atoms with Gasteiger partial charge in [0.15, 0.2) is 0 Å². The zero-order valence-corrected chi connectivity index (χ0v) is 20.1. The Hall–Kier alpha value is -3.71. The summed E-state index contributed by atoms with van der Waals surface area (Å²) in [6.07, 6.45) is 0.438. The monoisotopic (exact) mass is 474 g/mol. The van der Waals surface area contributed by atoms with Crippen LogP contribution in [0.2, 0.25) is 0 Å². The number of aromatic nitrogens is 1. The fraction of sp³-hybridized carbons (Fsp3) is 0.321. The number of hydrogen-bond acceptors (Lipinski definition) is 5. The second-order valence-electron chi connectivity index (χ2n) is 9.67. The third-order valence-corrected chi connectivity index (χ3v) is 6.42. The molecule has 7 nitrogen and oxygen atoms in total. The van der Waals surface area contributed by atoms with Gasteiger partial charge in [-0.2, -0.15) is 0 Å². The molecule has 2 atom stereocenters. The van der Waals surface area contributed by atoms with Crippen molar-refractivity contribution in [1.29, 1.82) is 0 Å². The van der Waals surface area contributed by atoms with Crippen molar-refractivity contribution < 1.29 is 24.5 Å². The largest absolute Gasteiger partial charge is 0.477 e. The van der Waals surface area contributed by atoms with Crippen molar-refractivity contribution in [2.75, 3.05) is 6.54 Å². The summed E-state index contributed by atoms with van der Waals surface area (Å²) in [5.41, 5.74) is 1.25. The normalized spacial score (nSPS) is 19.2. The summed E-state index contributed by atoms with van der Waals surface area (Å²) < 4.78 is 6.08. The summed E-state index contributed by atoms with van der Waals surface area (Å²) in [6.45, 7) is 5.88. The van der Waals surface area contributed by atoms with Crippen LogP contribution >= 0.6 is 0 Å². The van der Waals surface area contributed by atoms with Crippen LogP contribution in [0.4, 0.5) is 4.79 Å². The molecule has 1 unspecified atom stereocenters. The van der Waals surface area contributed by atoms with Crippen molar-refractivity contribution in [3.63, 3.8) is 0 Å². The number of pyridine rings is 1. The van der Waals surface area contributed by atoms with Gasteiger partial charge in [0, 0.05) is 24.9 Å². The van der Waals surface area contributed by atoms with Crippen LogP contribution in [0.5, 0.6) is 0 Å². The Morgan fingerprint density at radius 1 is 1.09 bits per heavy atom. The Morgan fingerprint density at radius 3 is 2.37 bits per heavy atom. The van der Waals surface area contributed by atoms with Crippen LogP contribution in [0.25, 0.3) is 11.3 Å². The van der Waals surface area contributed by atoms with Gasteiger partial charge >= 0.3 is 12.1 Å². The molecule has 182 valence electrons. The van der Waals surface area contributed by atoms with E-state index in [9.17, 15) is 19.8 Å². The Labute approximate surface area is 205 Å². The molecule has 0 bridgehead atoms. The Morgan fingerprint density at radius 2 is 1.77 bits per heavy atom. The average Bonchev–Trinajstić information content (AvgIpc) is 2.83. The number of carboxylic acids is 1. The van der Waals surface area contributed by atoms with E-state index >= 15 is 0 Å². The number of benzene rings is 2. The van der Waals surface area contributed by atoms with E-state index in [2.05, 4.69) is 4.98 Å². The van der Waals surface area contributed by atoms with E-state index in [1.165, 1.54) is 6.07 Å². The van der Waals surface area contributed by atoms with Gasteiger partial charge in [0.2, 0.25) is 0 Å².